The van der Waals surface area contributed by atoms with Crippen LogP contribution in [0.5, 0.6) is 17.2 Å². The summed E-state index contributed by atoms with van der Waals surface area (Å²) in [5.74, 6) is 1.30. The number of benzene rings is 5. The largest absolute Gasteiger partial charge is 0.647 e. The Morgan fingerprint density at radius 2 is 1.12 bits per heavy atom. The van der Waals surface area contributed by atoms with Crippen LogP contribution in [0, 0.1) is 0 Å². The van der Waals surface area contributed by atoms with Gasteiger partial charge < -0.3 is 13.6 Å². The van der Waals surface area contributed by atoms with Gasteiger partial charge in [-0.25, -0.2) is 0 Å². The van der Waals surface area contributed by atoms with Gasteiger partial charge in [-0.1, -0.05) is 91.9 Å². The molecule has 164 valence electrons. The van der Waals surface area contributed by atoms with Crippen molar-refractivity contribution < 1.29 is 18.1 Å². The third-order valence-electron chi connectivity index (χ3n) is 5.44. The maximum atomic E-state index is 14.1. The summed E-state index contributed by atoms with van der Waals surface area (Å²) in [6.45, 7) is 2.05. The lowest BCUT2D eigenvalue weighted by molar-refractivity contribution is 0.300. The molecule has 0 heterocycles. The second kappa shape index (κ2) is 9.01. The van der Waals surface area contributed by atoms with Crippen molar-refractivity contribution in [1.82, 2.24) is 0 Å². The number of phosphoric acid groups is 1. The van der Waals surface area contributed by atoms with Crippen molar-refractivity contribution in [2.75, 3.05) is 0 Å². The third kappa shape index (κ3) is 4.57. The van der Waals surface area contributed by atoms with Crippen LogP contribution in [-0.4, -0.2) is 0 Å². The molecule has 0 aromatic heterocycles. The zero-order valence-electron chi connectivity index (χ0n) is 18.2. The van der Waals surface area contributed by atoms with Crippen LogP contribution in [-0.2, 0) is 11.0 Å². The monoisotopic (exact) mass is 454 g/mol. The summed E-state index contributed by atoms with van der Waals surface area (Å²) in [4.78, 5) is 0. The minimum atomic E-state index is -4.12. The fraction of sp³-hybridized carbons (Fsp3) is 0.0714. The molecule has 0 unspecified atom stereocenters. The van der Waals surface area contributed by atoms with E-state index in [-0.39, 0.29) is 0 Å². The molecule has 0 saturated carbocycles. The SMILES string of the molecule is CCc1cccc(OP(=O)(Oc2cccc3ccccc23)Oc2cccc3ccccc23)c1. The van der Waals surface area contributed by atoms with Gasteiger partial charge in [-0.2, -0.15) is 4.57 Å². The maximum absolute atomic E-state index is 14.1. The number of aryl methyl sites for hydroxylation is 1. The van der Waals surface area contributed by atoms with Gasteiger partial charge in [0, 0.05) is 10.8 Å². The van der Waals surface area contributed by atoms with Crippen molar-refractivity contribution in [3.8, 4) is 17.2 Å². The predicted molar refractivity (Wildman–Crippen MR) is 133 cm³/mol. The minimum Gasteiger partial charge on any atom is -0.386 e. The first-order chi connectivity index (χ1) is 16.1. The Morgan fingerprint density at radius 1 is 0.606 bits per heavy atom. The van der Waals surface area contributed by atoms with Gasteiger partial charge in [-0.15, -0.1) is 0 Å². The molecular weight excluding hydrogens is 431 g/mol. The Labute approximate surface area is 193 Å². The van der Waals surface area contributed by atoms with E-state index in [1.54, 1.807) is 18.2 Å². The number of rotatable bonds is 7. The normalized spacial score (nSPS) is 11.4. The van der Waals surface area contributed by atoms with Crippen molar-refractivity contribution in [2.45, 2.75) is 13.3 Å². The maximum Gasteiger partial charge on any atom is 0.647 e. The highest BCUT2D eigenvalue weighted by molar-refractivity contribution is 7.49. The van der Waals surface area contributed by atoms with E-state index in [9.17, 15) is 4.57 Å². The Morgan fingerprint density at radius 3 is 1.70 bits per heavy atom. The standard InChI is InChI=1S/C28H23O4P/c1-2-21-10-7-15-24(20-21)30-33(29,31-27-18-8-13-22-11-3-5-16-25(22)27)32-28-19-9-14-23-12-4-6-17-26(23)28/h3-20H,2H2,1H3. The second-order valence-corrected chi connectivity index (χ2v) is 9.12. The van der Waals surface area contributed by atoms with Crippen molar-refractivity contribution in [3.05, 3.63) is 115 Å². The molecule has 0 bridgehead atoms. The molecule has 5 rings (SSSR count). The Kier molecular flexibility index (Phi) is 5.77. The molecule has 4 nitrogen and oxygen atoms in total. The molecule has 0 fully saturated rings. The van der Waals surface area contributed by atoms with Crippen molar-refractivity contribution in [2.24, 2.45) is 0 Å². The van der Waals surface area contributed by atoms with Gasteiger partial charge >= 0.3 is 7.82 Å². The topological polar surface area (TPSA) is 44.8 Å². The van der Waals surface area contributed by atoms with E-state index >= 15 is 0 Å². The van der Waals surface area contributed by atoms with E-state index in [1.165, 1.54) is 0 Å². The third-order valence-corrected chi connectivity index (χ3v) is 6.72. The first kappa shape index (κ1) is 21.1. The Hall–Kier alpha value is -3.75. The molecule has 5 heteroatoms. The summed E-state index contributed by atoms with van der Waals surface area (Å²) in [5.41, 5.74) is 1.06. The van der Waals surface area contributed by atoms with Crippen LogP contribution in [0.4, 0.5) is 0 Å². The van der Waals surface area contributed by atoms with Gasteiger partial charge in [0.1, 0.15) is 17.2 Å². The average molecular weight is 454 g/mol. The molecule has 0 aliphatic carbocycles. The fourth-order valence-electron chi connectivity index (χ4n) is 3.80. The molecule has 0 atom stereocenters. The van der Waals surface area contributed by atoms with Gasteiger partial charge in [-0.05, 0) is 47.0 Å². The molecule has 0 aliphatic rings. The zero-order valence-corrected chi connectivity index (χ0v) is 19.1. The van der Waals surface area contributed by atoms with Gasteiger partial charge in [-0.3, -0.25) is 0 Å². The first-order valence-electron chi connectivity index (χ1n) is 10.9. The van der Waals surface area contributed by atoms with Crippen LogP contribution in [0.3, 0.4) is 0 Å². The smallest absolute Gasteiger partial charge is 0.386 e. The van der Waals surface area contributed by atoms with Crippen LogP contribution in [0.25, 0.3) is 21.5 Å². The lowest BCUT2D eigenvalue weighted by Gasteiger charge is -2.21. The summed E-state index contributed by atoms with van der Waals surface area (Å²) in [6.07, 6.45) is 0.829. The molecule has 0 saturated heterocycles. The molecule has 0 amide bonds. The molecule has 0 aliphatic heterocycles. The van der Waals surface area contributed by atoms with E-state index in [0.717, 1.165) is 33.5 Å². The van der Waals surface area contributed by atoms with Gasteiger partial charge in [0.2, 0.25) is 0 Å². The number of hydrogen-bond acceptors (Lipinski definition) is 4. The molecule has 0 N–H and O–H groups in total. The lowest BCUT2D eigenvalue weighted by Crippen LogP contribution is -2.08. The van der Waals surface area contributed by atoms with E-state index in [1.807, 2.05) is 91.0 Å². The average Bonchev–Trinajstić information content (AvgIpc) is 2.84. The van der Waals surface area contributed by atoms with Crippen LogP contribution < -0.4 is 13.6 Å². The van der Waals surface area contributed by atoms with Crippen molar-refractivity contribution in [3.63, 3.8) is 0 Å². The molecule has 0 spiro atoms. The van der Waals surface area contributed by atoms with E-state index in [2.05, 4.69) is 6.92 Å². The van der Waals surface area contributed by atoms with Gasteiger partial charge in [0.25, 0.3) is 0 Å². The lowest BCUT2D eigenvalue weighted by atomic mass is 10.1. The van der Waals surface area contributed by atoms with Gasteiger partial charge in [0.05, 0.1) is 0 Å². The van der Waals surface area contributed by atoms with E-state index in [0.29, 0.717) is 17.2 Å². The highest BCUT2D eigenvalue weighted by atomic mass is 31.2. The van der Waals surface area contributed by atoms with Crippen LogP contribution in [0.15, 0.2) is 109 Å². The van der Waals surface area contributed by atoms with E-state index in [4.69, 9.17) is 13.6 Å². The van der Waals surface area contributed by atoms with Crippen LogP contribution in [0.2, 0.25) is 0 Å². The second-order valence-electron chi connectivity index (χ2n) is 7.68. The summed E-state index contributed by atoms with van der Waals surface area (Å²) in [5, 5.41) is 3.60. The number of hydrogen-bond donors (Lipinski definition) is 0. The Balaban J connectivity index is 1.58. The van der Waals surface area contributed by atoms with E-state index < -0.39 is 7.82 Å². The van der Waals surface area contributed by atoms with Gasteiger partial charge in [0.15, 0.2) is 0 Å². The fourth-order valence-corrected chi connectivity index (χ4v) is 5.08. The first-order valence-corrected chi connectivity index (χ1v) is 12.3. The minimum absolute atomic E-state index is 0.429. The highest BCUT2D eigenvalue weighted by Gasteiger charge is 2.34. The summed E-state index contributed by atoms with van der Waals surface area (Å²) in [7, 11) is -4.12. The van der Waals surface area contributed by atoms with Crippen LogP contribution in [0.1, 0.15) is 12.5 Å². The highest BCUT2D eigenvalue weighted by Crippen LogP contribution is 2.52. The zero-order chi connectivity index (χ0) is 22.7. The summed E-state index contributed by atoms with van der Waals surface area (Å²) < 4.78 is 32.2. The summed E-state index contributed by atoms with van der Waals surface area (Å²) in [6, 6.07) is 34.2. The molecular formula is C28H23O4P. The van der Waals surface area contributed by atoms with Crippen molar-refractivity contribution >= 4 is 29.4 Å². The Bertz CT molecular complexity index is 1380. The summed E-state index contributed by atoms with van der Waals surface area (Å²) >= 11 is 0. The molecule has 33 heavy (non-hydrogen) atoms. The van der Waals surface area contributed by atoms with Crippen LogP contribution >= 0.6 is 7.82 Å². The molecule has 0 radical (unpaired) electrons. The number of fused-ring (bicyclic) bond motifs is 2. The number of phosphoric ester groups is 1. The predicted octanol–water partition coefficient (Wildman–Crippen LogP) is 8.20. The quantitative estimate of drug-likeness (QED) is 0.233. The molecule has 5 aromatic rings. The molecule has 5 aromatic carbocycles. The van der Waals surface area contributed by atoms with Crippen molar-refractivity contribution in [1.29, 1.82) is 0 Å².